The van der Waals surface area contributed by atoms with Gasteiger partial charge in [-0.1, -0.05) is 18.2 Å². The lowest BCUT2D eigenvalue weighted by Gasteiger charge is -2.12. The molecule has 3 rings (SSSR count). The minimum atomic E-state index is -0.964. The molecule has 6 nitrogen and oxygen atoms in total. The number of rotatable bonds is 8. The lowest BCUT2D eigenvalue weighted by Crippen LogP contribution is -2.24. The van der Waals surface area contributed by atoms with Crippen LogP contribution in [0.15, 0.2) is 52.9 Å². The lowest BCUT2D eigenvalue weighted by molar-refractivity contribution is 0.0285. The van der Waals surface area contributed by atoms with Gasteiger partial charge in [-0.25, -0.2) is 4.79 Å². The molecule has 0 aliphatic heterocycles. The number of hydrogen-bond donors (Lipinski definition) is 0. The number of esters is 1. The maximum Gasteiger partial charge on any atom is 0.375 e. The number of para-hydroxylation sites is 1. The predicted molar refractivity (Wildman–Crippen MR) is 104 cm³/mol. The summed E-state index contributed by atoms with van der Waals surface area (Å²) in [5.41, 5.74) is 1.62. The highest BCUT2D eigenvalue weighted by Gasteiger charge is 2.26. The number of carbonyl (C=O) groups is 2. The molecule has 2 aromatic carbocycles. The van der Waals surface area contributed by atoms with Crippen LogP contribution in [0.3, 0.4) is 0 Å². The summed E-state index contributed by atoms with van der Waals surface area (Å²) in [5, 5.41) is 0.789. The van der Waals surface area contributed by atoms with E-state index in [0.717, 1.165) is 5.39 Å². The zero-order valence-electron chi connectivity index (χ0n) is 16.1. The summed E-state index contributed by atoms with van der Waals surface area (Å²) in [5.74, 6) is -0.299. The van der Waals surface area contributed by atoms with Crippen LogP contribution >= 0.6 is 0 Å². The molecule has 1 aromatic heterocycles. The second kappa shape index (κ2) is 8.71. The lowest BCUT2D eigenvalue weighted by atomic mass is 10.1. The Balaban J connectivity index is 1.80. The number of furan rings is 1. The van der Waals surface area contributed by atoms with E-state index in [-0.39, 0.29) is 18.2 Å². The van der Waals surface area contributed by atoms with E-state index in [1.54, 1.807) is 37.4 Å². The fourth-order valence-corrected chi connectivity index (χ4v) is 2.87. The standard InChI is InChI=1S/C22H22O6/c1-4-26-13-18-17-7-5-6-8-19(17)28-21(18)22(24)27-14(2)20(23)15-9-11-16(25-3)12-10-15/h5-12,14H,4,13H2,1-3H3/t14-/m0/s1. The average molecular weight is 382 g/mol. The fourth-order valence-electron chi connectivity index (χ4n) is 2.87. The number of fused-ring (bicyclic) bond motifs is 1. The maximum atomic E-state index is 12.7. The second-order valence-electron chi connectivity index (χ2n) is 6.18. The number of hydrogen-bond acceptors (Lipinski definition) is 6. The first kappa shape index (κ1) is 19.6. The molecule has 0 fully saturated rings. The van der Waals surface area contributed by atoms with E-state index in [1.807, 2.05) is 25.1 Å². The highest BCUT2D eigenvalue weighted by atomic mass is 16.6. The molecule has 0 saturated heterocycles. The Kier molecular flexibility index (Phi) is 6.11. The van der Waals surface area contributed by atoms with E-state index in [9.17, 15) is 9.59 Å². The van der Waals surface area contributed by atoms with Crippen molar-refractivity contribution in [2.45, 2.75) is 26.6 Å². The van der Waals surface area contributed by atoms with Gasteiger partial charge in [0.2, 0.25) is 11.5 Å². The molecule has 0 bridgehead atoms. The van der Waals surface area contributed by atoms with Crippen molar-refractivity contribution in [2.75, 3.05) is 13.7 Å². The monoisotopic (exact) mass is 382 g/mol. The van der Waals surface area contributed by atoms with Crippen LogP contribution in [-0.4, -0.2) is 31.6 Å². The Morgan fingerprint density at radius 1 is 1.07 bits per heavy atom. The normalized spacial score (nSPS) is 12.0. The zero-order chi connectivity index (χ0) is 20.1. The third kappa shape index (κ3) is 4.07. The van der Waals surface area contributed by atoms with Gasteiger partial charge in [-0.2, -0.15) is 0 Å². The van der Waals surface area contributed by atoms with Crippen molar-refractivity contribution in [1.82, 2.24) is 0 Å². The molecule has 3 aromatic rings. The number of benzene rings is 2. The molecule has 0 amide bonds. The number of methoxy groups -OCH3 is 1. The van der Waals surface area contributed by atoms with Gasteiger partial charge in [-0.15, -0.1) is 0 Å². The van der Waals surface area contributed by atoms with Gasteiger partial charge in [-0.05, 0) is 44.2 Å². The van der Waals surface area contributed by atoms with Crippen LogP contribution in [0.25, 0.3) is 11.0 Å². The van der Waals surface area contributed by atoms with E-state index in [0.29, 0.717) is 29.1 Å². The Morgan fingerprint density at radius 2 is 1.79 bits per heavy atom. The number of ether oxygens (including phenoxy) is 3. The molecule has 28 heavy (non-hydrogen) atoms. The number of ketones is 1. The van der Waals surface area contributed by atoms with Crippen LogP contribution in [0.2, 0.25) is 0 Å². The SMILES string of the molecule is CCOCc1c(C(=O)O[C@@H](C)C(=O)c2ccc(OC)cc2)oc2ccccc12. The third-order valence-electron chi connectivity index (χ3n) is 4.36. The molecule has 1 atom stereocenters. The number of carbonyl (C=O) groups excluding carboxylic acids is 2. The second-order valence-corrected chi connectivity index (χ2v) is 6.18. The largest absolute Gasteiger partial charge is 0.497 e. The van der Waals surface area contributed by atoms with Gasteiger partial charge in [0, 0.05) is 23.1 Å². The van der Waals surface area contributed by atoms with Crippen LogP contribution in [0.4, 0.5) is 0 Å². The summed E-state index contributed by atoms with van der Waals surface area (Å²) in [6.07, 6.45) is -0.964. The summed E-state index contributed by atoms with van der Waals surface area (Å²) >= 11 is 0. The van der Waals surface area contributed by atoms with Crippen molar-refractivity contribution >= 4 is 22.7 Å². The first-order chi connectivity index (χ1) is 13.5. The topological polar surface area (TPSA) is 75.0 Å². The molecular formula is C22H22O6. The molecule has 0 saturated carbocycles. The summed E-state index contributed by atoms with van der Waals surface area (Å²) in [6.45, 7) is 4.13. The van der Waals surface area contributed by atoms with Crippen molar-refractivity contribution < 1.29 is 28.2 Å². The molecule has 0 spiro atoms. The van der Waals surface area contributed by atoms with E-state index in [4.69, 9.17) is 18.6 Å². The van der Waals surface area contributed by atoms with Crippen molar-refractivity contribution in [1.29, 1.82) is 0 Å². The van der Waals surface area contributed by atoms with Crippen molar-refractivity contribution in [3.8, 4) is 5.75 Å². The van der Waals surface area contributed by atoms with Gasteiger partial charge >= 0.3 is 5.97 Å². The van der Waals surface area contributed by atoms with Gasteiger partial charge in [0.1, 0.15) is 11.3 Å². The smallest absolute Gasteiger partial charge is 0.375 e. The Labute approximate surface area is 163 Å². The van der Waals surface area contributed by atoms with E-state index in [1.165, 1.54) is 6.92 Å². The van der Waals surface area contributed by atoms with Gasteiger partial charge in [0.05, 0.1) is 13.7 Å². The predicted octanol–water partition coefficient (Wildman–Crippen LogP) is 4.41. The van der Waals surface area contributed by atoms with Gasteiger partial charge in [-0.3, -0.25) is 4.79 Å². The fraction of sp³-hybridized carbons (Fsp3) is 0.273. The molecule has 146 valence electrons. The minimum absolute atomic E-state index is 0.0593. The molecule has 1 heterocycles. The van der Waals surface area contributed by atoms with Gasteiger partial charge in [0.25, 0.3) is 0 Å². The van der Waals surface area contributed by atoms with Crippen molar-refractivity contribution in [2.24, 2.45) is 0 Å². The molecule has 0 aliphatic carbocycles. The molecule has 0 unspecified atom stereocenters. The van der Waals surface area contributed by atoms with Crippen molar-refractivity contribution in [3.05, 3.63) is 65.4 Å². The molecule has 6 heteroatoms. The Bertz CT molecular complexity index is 970. The first-order valence-corrected chi connectivity index (χ1v) is 9.02. The molecular weight excluding hydrogens is 360 g/mol. The quantitative estimate of drug-likeness (QED) is 0.424. The van der Waals surface area contributed by atoms with E-state index >= 15 is 0 Å². The summed E-state index contributed by atoms with van der Waals surface area (Å²) < 4.78 is 21.6. The van der Waals surface area contributed by atoms with Crippen LogP contribution < -0.4 is 4.74 Å². The van der Waals surface area contributed by atoms with Crippen LogP contribution in [0, 0.1) is 0 Å². The molecule has 0 radical (unpaired) electrons. The number of Topliss-reactive ketones (excluding diaryl/α,β-unsaturated/α-hetero) is 1. The summed E-state index contributed by atoms with van der Waals surface area (Å²) in [4.78, 5) is 25.3. The van der Waals surface area contributed by atoms with Gasteiger partial charge < -0.3 is 18.6 Å². The van der Waals surface area contributed by atoms with E-state index < -0.39 is 12.1 Å². The minimum Gasteiger partial charge on any atom is -0.497 e. The molecule has 0 aliphatic rings. The maximum absolute atomic E-state index is 12.7. The van der Waals surface area contributed by atoms with Gasteiger partial charge in [0.15, 0.2) is 6.10 Å². The highest BCUT2D eigenvalue weighted by Crippen LogP contribution is 2.27. The Hall–Kier alpha value is -3.12. The van der Waals surface area contributed by atoms with Crippen molar-refractivity contribution in [3.63, 3.8) is 0 Å². The zero-order valence-corrected chi connectivity index (χ0v) is 16.1. The van der Waals surface area contributed by atoms with Crippen LogP contribution in [-0.2, 0) is 16.1 Å². The first-order valence-electron chi connectivity index (χ1n) is 9.02. The van der Waals surface area contributed by atoms with Crippen LogP contribution in [0.1, 0.15) is 40.3 Å². The van der Waals surface area contributed by atoms with Crippen LogP contribution in [0.5, 0.6) is 5.75 Å². The third-order valence-corrected chi connectivity index (χ3v) is 4.36. The summed E-state index contributed by atoms with van der Waals surface area (Å²) in [7, 11) is 1.55. The highest BCUT2D eigenvalue weighted by molar-refractivity contribution is 6.02. The molecule has 0 N–H and O–H groups in total. The van der Waals surface area contributed by atoms with E-state index in [2.05, 4.69) is 0 Å². The average Bonchev–Trinajstić information content (AvgIpc) is 3.10. The summed E-state index contributed by atoms with van der Waals surface area (Å²) in [6, 6.07) is 13.9. The Morgan fingerprint density at radius 3 is 2.46 bits per heavy atom.